The van der Waals surface area contributed by atoms with E-state index in [0.29, 0.717) is 6.54 Å². The van der Waals surface area contributed by atoms with Gasteiger partial charge in [-0.3, -0.25) is 4.98 Å². The number of hydrogen-bond donors (Lipinski definition) is 2. The van der Waals surface area contributed by atoms with Crippen molar-refractivity contribution in [2.24, 2.45) is 0 Å². The van der Waals surface area contributed by atoms with Gasteiger partial charge in [-0.1, -0.05) is 0 Å². The smallest absolute Gasteiger partial charge is 0.141 e. The molecule has 0 aliphatic rings. The molecule has 0 bridgehead atoms. The molecule has 78 valence electrons. The Morgan fingerprint density at radius 3 is 2.93 bits per heavy atom. The summed E-state index contributed by atoms with van der Waals surface area (Å²) >= 11 is 0. The number of halogens is 1. The van der Waals surface area contributed by atoms with E-state index in [1.54, 1.807) is 6.20 Å². The van der Waals surface area contributed by atoms with Crippen LogP contribution in [-0.4, -0.2) is 25.1 Å². The van der Waals surface area contributed by atoms with Gasteiger partial charge in [-0.15, -0.1) is 0 Å². The first kappa shape index (κ1) is 11.1. The largest absolute Gasteiger partial charge is 0.320 e. The van der Waals surface area contributed by atoms with Gasteiger partial charge in [-0.05, 0) is 38.2 Å². The first-order chi connectivity index (χ1) is 6.83. The summed E-state index contributed by atoms with van der Waals surface area (Å²) in [7, 11) is 1.93. The predicted molar refractivity (Wildman–Crippen MR) is 54.4 cm³/mol. The highest BCUT2D eigenvalue weighted by Crippen LogP contribution is 1.99. The van der Waals surface area contributed by atoms with E-state index < -0.39 is 0 Å². The summed E-state index contributed by atoms with van der Waals surface area (Å²) < 4.78 is 12.7. The molecular weight excluding hydrogens is 181 g/mol. The van der Waals surface area contributed by atoms with Gasteiger partial charge in [0, 0.05) is 12.7 Å². The Morgan fingerprint density at radius 2 is 2.21 bits per heavy atom. The number of pyridine rings is 1. The molecule has 2 N–H and O–H groups in total. The lowest BCUT2D eigenvalue weighted by atomic mass is 10.3. The van der Waals surface area contributed by atoms with Crippen molar-refractivity contribution in [3.8, 4) is 0 Å². The molecule has 0 amide bonds. The molecule has 1 rings (SSSR count). The standard InChI is InChI=1S/C10H16FN3/c1-12-3-2-4-13-6-9-5-10(11)8-14-7-9/h5,7-8,12-13H,2-4,6H2,1H3. The van der Waals surface area contributed by atoms with Gasteiger partial charge in [-0.25, -0.2) is 4.39 Å². The Hall–Kier alpha value is -1.00. The van der Waals surface area contributed by atoms with Crippen LogP contribution in [0.5, 0.6) is 0 Å². The Bertz CT molecular complexity index is 265. The molecule has 0 aliphatic carbocycles. The van der Waals surface area contributed by atoms with Crippen LogP contribution in [0.4, 0.5) is 4.39 Å². The molecule has 4 heteroatoms. The fraction of sp³-hybridized carbons (Fsp3) is 0.500. The van der Waals surface area contributed by atoms with Gasteiger partial charge >= 0.3 is 0 Å². The molecule has 0 aliphatic heterocycles. The molecule has 1 aromatic rings. The SMILES string of the molecule is CNCCCNCc1cncc(F)c1. The van der Waals surface area contributed by atoms with Gasteiger partial charge in [0.25, 0.3) is 0 Å². The van der Waals surface area contributed by atoms with Crippen LogP contribution in [0.15, 0.2) is 18.5 Å². The second kappa shape index (κ2) is 6.45. The van der Waals surface area contributed by atoms with E-state index in [9.17, 15) is 4.39 Å². The quantitative estimate of drug-likeness (QED) is 0.666. The van der Waals surface area contributed by atoms with E-state index >= 15 is 0 Å². The summed E-state index contributed by atoms with van der Waals surface area (Å²) in [6, 6.07) is 1.50. The number of hydrogen-bond acceptors (Lipinski definition) is 3. The van der Waals surface area contributed by atoms with Gasteiger partial charge < -0.3 is 10.6 Å². The Morgan fingerprint density at radius 1 is 1.36 bits per heavy atom. The predicted octanol–water partition coefficient (Wildman–Crippen LogP) is 0.920. The fourth-order valence-corrected chi connectivity index (χ4v) is 1.18. The minimum absolute atomic E-state index is 0.278. The minimum Gasteiger partial charge on any atom is -0.320 e. The van der Waals surface area contributed by atoms with E-state index in [-0.39, 0.29) is 5.82 Å². The maximum atomic E-state index is 12.7. The molecule has 1 aromatic heterocycles. The van der Waals surface area contributed by atoms with Crippen molar-refractivity contribution < 1.29 is 4.39 Å². The molecule has 0 saturated carbocycles. The van der Waals surface area contributed by atoms with Crippen LogP contribution in [0.1, 0.15) is 12.0 Å². The minimum atomic E-state index is -0.278. The molecule has 0 radical (unpaired) electrons. The van der Waals surface area contributed by atoms with Crippen molar-refractivity contribution in [1.29, 1.82) is 0 Å². The van der Waals surface area contributed by atoms with Crippen LogP contribution >= 0.6 is 0 Å². The highest BCUT2D eigenvalue weighted by Gasteiger charge is 1.94. The zero-order chi connectivity index (χ0) is 10.2. The van der Waals surface area contributed by atoms with Crippen molar-refractivity contribution in [3.05, 3.63) is 29.8 Å². The second-order valence-electron chi connectivity index (χ2n) is 3.15. The van der Waals surface area contributed by atoms with Gasteiger partial charge in [0.05, 0.1) is 6.20 Å². The molecule has 0 atom stereocenters. The zero-order valence-corrected chi connectivity index (χ0v) is 8.39. The number of nitrogens with zero attached hydrogens (tertiary/aromatic N) is 1. The van der Waals surface area contributed by atoms with Crippen molar-refractivity contribution in [1.82, 2.24) is 15.6 Å². The molecule has 14 heavy (non-hydrogen) atoms. The Balaban J connectivity index is 2.18. The highest BCUT2D eigenvalue weighted by atomic mass is 19.1. The summed E-state index contributed by atoms with van der Waals surface area (Å²) in [5.74, 6) is -0.278. The molecule has 1 heterocycles. The van der Waals surface area contributed by atoms with Crippen LogP contribution in [0.25, 0.3) is 0 Å². The van der Waals surface area contributed by atoms with Crippen molar-refractivity contribution in [3.63, 3.8) is 0 Å². The van der Waals surface area contributed by atoms with E-state index in [2.05, 4.69) is 15.6 Å². The van der Waals surface area contributed by atoms with Crippen molar-refractivity contribution >= 4 is 0 Å². The van der Waals surface area contributed by atoms with Gasteiger partial charge in [0.15, 0.2) is 0 Å². The Kier molecular flexibility index (Phi) is 5.11. The lowest BCUT2D eigenvalue weighted by Gasteiger charge is -2.04. The molecule has 0 unspecified atom stereocenters. The maximum Gasteiger partial charge on any atom is 0.141 e. The van der Waals surface area contributed by atoms with Gasteiger partial charge in [0.1, 0.15) is 5.82 Å². The second-order valence-corrected chi connectivity index (χ2v) is 3.15. The summed E-state index contributed by atoms with van der Waals surface area (Å²) in [5, 5.41) is 6.28. The van der Waals surface area contributed by atoms with Crippen LogP contribution in [0.2, 0.25) is 0 Å². The number of nitrogens with one attached hydrogen (secondary N) is 2. The van der Waals surface area contributed by atoms with E-state index in [1.165, 1.54) is 12.3 Å². The summed E-state index contributed by atoms with van der Waals surface area (Å²) in [4.78, 5) is 3.77. The average molecular weight is 197 g/mol. The molecule has 0 spiro atoms. The average Bonchev–Trinajstić information content (AvgIpc) is 2.18. The highest BCUT2D eigenvalue weighted by molar-refractivity contribution is 5.09. The third-order valence-electron chi connectivity index (χ3n) is 1.87. The molecule has 0 aromatic carbocycles. The third-order valence-corrected chi connectivity index (χ3v) is 1.87. The van der Waals surface area contributed by atoms with E-state index in [1.807, 2.05) is 7.05 Å². The van der Waals surface area contributed by atoms with Gasteiger partial charge in [-0.2, -0.15) is 0 Å². The zero-order valence-electron chi connectivity index (χ0n) is 8.39. The van der Waals surface area contributed by atoms with Crippen LogP contribution in [0.3, 0.4) is 0 Å². The molecule has 0 fully saturated rings. The molecule has 0 saturated heterocycles. The van der Waals surface area contributed by atoms with E-state index in [0.717, 1.165) is 25.1 Å². The number of aromatic nitrogens is 1. The third kappa shape index (κ3) is 4.30. The first-order valence-corrected chi connectivity index (χ1v) is 4.77. The van der Waals surface area contributed by atoms with Crippen LogP contribution in [0, 0.1) is 5.82 Å². The van der Waals surface area contributed by atoms with Crippen molar-refractivity contribution in [2.75, 3.05) is 20.1 Å². The number of rotatable bonds is 6. The van der Waals surface area contributed by atoms with Crippen LogP contribution in [-0.2, 0) is 6.54 Å². The lowest BCUT2D eigenvalue weighted by Crippen LogP contribution is -2.19. The van der Waals surface area contributed by atoms with Crippen LogP contribution < -0.4 is 10.6 Å². The fourth-order valence-electron chi connectivity index (χ4n) is 1.18. The summed E-state index contributed by atoms with van der Waals surface area (Å²) in [5.41, 5.74) is 0.884. The molecule has 3 nitrogen and oxygen atoms in total. The van der Waals surface area contributed by atoms with Crippen molar-refractivity contribution in [2.45, 2.75) is 13.0 Å². The maximum absolute atomic E-state index is 12.7. The summed E-state index contributed by atoms with van der Waals surface area (Å²) in [6.07, 6.45) is 3.96. The monoisotopic (exact) mass is 197 g/mol. The normalized spacial score (nSPS) is 10.4. The molecular formula is C10H16FN3. The Labute approximate surface area is 83.7 Å². The summed E-state index contributed by atoms with van der Waals surface area (Å²) in [6.45, 7) is 2.60. The van der Waals surface area contributed by atoms with E-state index in [4.69, 9.17) is 0 Å². The van der Waals surface area contributed by atoms with Gasteiger partial charge in [0.2, 0.25) is 0 Å². The topological polar surface area (TPSA) is 37.0 Å². The first-order valence-electron chi connectivity index (χ1n) is 4.77. The lowest BCUT2D eigenvalue weighted by molar-refractivity contribution is 0.603.